The number of rotatable bonds is 9. The number of amides is 1. The van der Waals surface area contributed by atoms with Crippen molar-refractivity contribution >= 4 is 51.3 Å². The van der Waals surface area contributed by atoms with Crippen LogP contribution in [0.4, 0.5) is 0 Å². The Morgan fingerprint density at radius 1 is 1.06 bits per heavy atom. The number of benzene rings is 3. The summed E-state index contributed by atoms with van der Waals surface area (Å²) in [4.78, 5) is 12.1. The van der Waals surface area contributed by atoms with E-state index >= 15 is 0 Å². The molecule has 6 nitrogen and oxygen atoms in total. The van der Waals surface area contributed by atoms with Gasteiger partial charge in [-0.1, -0.05) is 41.4 Å². The van der Waals surface area contributed by atoms with Crippen LogP contribution >= 0.6 is 39.1 Å². The molecule has 3 aromatic carbocycles. The predicted octanol–water partition coefficient (Wildman–Crippen LogP) is 6.04. The second-order valence-electron chi connectivity index (χ2n) is 6.88. The Kier molecular flexibility index (Phi) is 9.00. The molecule has 0 aliphatic rings. The first kappa shape index (κ1) is 24.9. The van der Waals surface area contributed by atoms with E-state index in [-0.39, 0.29) is 18.9 Å². The van der Waals surface area contributed by atoms with Crippen molar-refractivity contribution in [1.29, 1.82) is 0 Å². The summed E-state index contributed by atoms with van der Waals surface area (Å²) in [7, 11) is 3.14. The highest BCUT2D eigenvalue weighted by Crippen LogP contribution is 2.37. The van der Waals surface area contributed by atoms with Gasteiger partial charge in [0.2, 0.25) is 5.91 Å². The van der Waals surface area contributed by atoms with Crippen LogP contribution in [-0.2, 0) is 17.8 Å². The molecule has 1 N–H and O–H groups in total. The maximum atomic E-state index is 12.1. The Hall–Kier alpha value is -2.74. The maximum Gasteiger partial charge on any atom is 0.244 e. The van der Waals surface area contributed by atoms with Crippen LogP contribution in [0.3, 0.4) is 0 Å². The highest BCUT2D eigenvalue weighted by molar-refractivity contribution is 9.10. The second kappa shape index (κ2) is 11.9. The zero-order valence-corrected chi connectivity index (χ0v) is 21.0. The quantitative estimate of drug-likeness (QED) is 0.260. The van der Waals surface area contributed by atoms with Gasteiger partial charge in [0.25, 0.3) is 0 Å². The van der Waals surface area contributed by atoms with Crippen molar-refractivity contribution in [2.75, 3.05) is 14.2 Å². The lowest BCUT2D eigenvalue weighted by Gasteiger charge is -2.14. The number of hydrazone groups is 1. The van der Waals surface area contributed by atoms with Gasteiger partial charge in [0.1, 0.15) is 12.4 Å². The lowest BCUT2D eigenvalue weighted by Crippen LogP contribution is -2.19. The van der Waals surface area contributed by atoms with Gasteiger partial charge in [-0.2, -0.15) is 5.10 Å². The molecule has 0 bridgehead atoms. The molecule has 0 saturated carbocycles. The van der Waals surface area contributed by atoms with Crippen LogP contribution in [0.25, 0.3) is 0 Å². The molecule has 0 unspecified atom stereocenters. The Morgan fingerprint density at radius 3 is 2.48 bits per heavy atom. The fourth-order valence-electron chi connectivity index (χ4n) is 2.89. The molecule has 0 spiro atoms. The first-order valence-electron chi connectivity index (χ1n) is 9.78. The number of hydrogen-bond donors (Lipinski definition) is 1. The molecule has 0 radical (unpaired) electrons. The number of carbonyl (C=O) groups is 1. The molecule has 172 valence electrons. The van der Waals surface area contributed by atoms with Crippen LogP contribution in [-0.4, -0.2) is 26.3 Å². The zero-order valence-electron chi connectivity index (χ0n) is 17.9. The highest BCUT2D eigenvalue weighted by atomic mass is 79.9. The van der Waals surface area contributed by atoms with E-state index < -0.39 is 0 Å². The molecular formula is C24H21BrCl2N2O4. The Balaban J connectivity index is 1.63. The normalized spacial score (nSPS) is 10.8. The monoisotopic (exact) mass is 550 g/mol. The largest absolute Gasteiger partial charge is 0.497 e. The predicted molar refractivity (Wildman–Crippen MR) is 134 cm³/mol. The second-order valence-corrected chi connectivity index (χ2v) is 8.57. The van der Waals surface area contributed by atoms with Crippen molar-refractivity contribution in [3.8, 4) is 17.2 Å². The maximum absolute atomic E-state index is 12.1. The SMILES string of the molecule is COc1ccc(CC(=O)N/N=C\c2cc(Br)c(OCc3ccc(Cl)cc3Cl)c(OC)c2)cc1. The van der Waals surface area contributed by atoms with E-state index in [1.54, 1.807) is 56.7 Å². The molecule has 33 heavy (non-hydrogen) atoms. The first-order chi connectivity index (χ1) is 15.9. The Morgan fingerprint density at radius 2 is 1.82 bits per heavy atom. The third-order valence-electron chi connectivity index (χ3n) is 4.57. The van der Waals surface area contributed by atoms with E-state index in [0.717, 1.165) is 16.9 Å². The fourth-order valence-corrected chi connectivity index (χ4v) is 3.93. The number of ether oxygens (including phenoxy) is 3. The summed E-state index contributed by atoms with van der Waals surface area (Å²) >= 11 is 15.7. The van der Waals surface area contributed by atoms with Crippen molar-refractivity contribution in [2.45, 2.75) is 13.0 Å². The van der Waals surface area contributed by atoms with Crippen LogP contribution in [0.15, 0.2) is 64.2 Å². The van der Waals surface area contributed by atoms with Crippen molar-refractivity contribution < 1.29 is 19.0 Å². The first-order valence-corrected chi connectivity index (χ1v) is 11.3. The van der Waals surface area contributed by atoms with Crippen LogP contribution in [0, 0.1) is 0 Å². The van der Waals surface area contributed by atoms with E-state index in [1.165, 1.54) is 6.21 Å². The van der Waals surface area contributed by atoms with Crippen LogP contribution in [0.1, 0.15) is 16.7 Å². The fraction of sp³-hybridized carbons (Fsp3) is 0.167. The van der Waals surface area contributed by atoms with Crippen molar-refractivity contribution in [2.24, 2.45) is 5.10 Å². The number of halogens is 3. The molecule has 3 aromatic rings. The molecular weight excluding hydrogens is 531 g/mol. The summed E-state index contributed by atoms with van der Waals surface area (Å²) in [5.41, 5.74) is 4.88. The third-order valence-corrected chi connectivity index (χ3v) is 5.74. The summed E-state index contributed by atoms with van der Waals surface area (Å²) in [5, 5.41) is 5.11. The molecule has 3 rings (SSSR count). The number of nitrogens with one attached hydrogen (secondary N) is 1. The Labute approximate surface area is 210 Å². The van der Waals surface area contributed by atoms with E-state index in [0.29, 0.717) is 31.6 Å². The molecule has 1 amide bonds. The Bertz CT molecular complexity index is 1150. The molecule has 0 aliphatic carbocycles. The average Bonchev–Trinajstić information content (AvgIpc) is 2.79. The summed E-state index contributed by atoms with van der Waals surface area (Å²) in [5.74, 6) is 1.52. The lowest BCUT2D eigenvalue weighted by atomic mass is 10.1. The van der Waals surface area contributed by atoms with Gasteiger partial charge in [-0.25, -0.2) is 5.43 Å². The molecule has 0 fully saturated rings. The van der Waals surface area contributed by atoms with Gasteiger partial charge in [0, 0.05) is 15.6 Å². The number of methoxy groups -OCH3 is 2. The van der Waals surface area contributed by atoms with Gasteiger partial charge in [-0.15, -0.1) is 0 Å². The van der Waals surface area contributed by atoms with Crippen LogP contribution in [0.2, 0.25) is 10.0 Å². The van der Waals surface area contributed by atoms with E-state index in [1.807, 2.05) is 12.1 Å². The van der Waals surface area contributed by atoms with E-state index in [9.17, 15) is 4.79 Å². The number of carbonyl (C=O) groups excluding carboxylic acids is 1. The minimum atomic E-state index is -0.234. The average molecular weight is 552 g/mol. The van der Waals surface area contributed by atoms with Gasteiger partial charge in [-0.3, -0.25) is 4.79 Å². The summed E-state index contributed by atoms with van der Waals surface area (Å²) in [6.07, 6.45) is 1.73. The van der Waals surface area contributed by atoms with Crippen LogP contribution in [0.5, 0.6) is 17.2 Å². The lowest BCUT2D eigenvalue weighted by molar-refractivity contribution is -0.120. The summed E-state index contributed by atoms with van der Waals surface area (Å²) in [6, 6.07) is 16.1. The molecule has 0 aromatic heterocycles. The van der Waals surface area contributed by atoms with Crippen molar-refractivity contribution in [1.82, 2.24) is 5.43 Å². The van der Waals surface area contributed by atoms with Gasteiger partial charge in [0.05, 0.1) is 31.3 Å². The van der Waals surface area contributed by atoms with E-state index in [4.69, 9.17) is 37.4 Å². The van der Waals surface area contributed by atoms with Crippen LogP contribution < -0.4 is 19.6 Å². The molecule has 0 saturated heterocycles. The summed E-state index contributed by atoms with van der Waals surface area (Å²) < 4.78 is 17.2. The number of nitrogens with zero attached hydrogens (tertiary/aromatic N) is 1. The molecule has 0 aliphatic heterocycles. The highest BCUT2D eigenvalue weighted by Gasteiger charge is 2.13. The minimum absolute atomic E-state index is 0.203. The van der Waals surface area contributed by atoms with E-state index in [2.05, 4.69) is 26.5 Å². The van der Waals surface area contributed by atoms with Gasteiger partial charge in [0.15, 0.2) is 11.5 Å². The minimum Gasteiger partial charge on any atom is -0.497 e. The zero-order chi connectivity index (χ0) is 23.8. The number of hydrogen-bond acceptors (Lipinski definition) is 5. The summed E-state index contributed by atoms with van der Waals surface area (Å²) in [6.45, 7) is 0.236. The molecule has 0 heterocycles. The van der Waals surface area contributed by atoms with Gasteiger partial charge < -0.3 is 14.2 Å². The smallest absolute Gasteiger partial charge is 0.244 e. The molecule has 0 atom stereocenters. The third kappa shape index (κ3) is 7.12. The van der Waals surface area contributed by atoms with Crippen molar-refractivity contribution in [3.05, 3.63) is 85.8 Å². The van der Waals surface area contributed by atoms with Gasteiger partial charge in [-0.05, 0) is 63.5 Å². The topological polar surface area (TPSA) is 69.2 Å². The standard InChI is InChI=1S/C24H21BrCl2N2O4/c1-31-19-7-3-15(4-8-19)11-23(30)29-28-13-16-9-20(25)24(22(10-16)32-2)33-14-17-5-6-18(26)12-21(17)27/h3-10,12-13H,11,14H2,1-2H3,(H,29,30)/b28-13-. The van der Waals surface area contributed by atoms with Crippen molar-refractivity contribution in [3.63, 3.8) is 0 Å². The van der Waals surface area contributed by atoms with Gasteiger partial charge >= 0.3 is 0 Å². The molecule has 9 heteroatoms.